The number of piperazine rings is 1. The van der Waals surface area contributed by atoms with Crippen LogP contribution >= 0.6 is 0 Å². The molecular formula is C15H24N4O3. The van der Waals surface area contributed by atoms with Gasteiger partial charge in [0.25, 0.3) is 5.91 Å². The summed E-state index contributed by atoms with van der Waals surface area (Å²) in [6, 6.07) is 0. The van der Waals surface area contributed by atoms with Gasteiger partial charge in [-0.25, -0.2) is 4.98 Å². The summed E-state index contributed by atoms with van der Waals surface area (Å²) in [5.74, 6) is 1.75. The van der Waals surface area contributed by atoms with E-state index in [1.165, 1.54) is 0 Å². The summed E-state index contributed by atoms with van der Waals surface area (Å²) < 4.78 is 11.2. The molecular weight excluding hydrogens is 284 g/mol. The first-order chi connectivity index (χ1) is 10.6. The Bertz CT molecular complexity index is 497. The van der Waals surface area contributed by atoms with E-state index >= 15 is 0 Å². The third-order valence-corrected chi connectivity index (χ3v) is 4.32. The number of aryl methyl sites for hydroxylation is 2. The van der Waals surface area contributed by atoms with E-state index in [0.717, 1.165) is 50.1 Å². The van der Waals surface area contributed by atoms with Crippen molar-refractivity contribution in [3.05, 3.63) is 17.3 Å². The lowest BCUT2D eigenvalue weighted by Gasteiger charge is -2.36. The normalized spacial score (nSPS) is 23.7. The Morgan fingerprint density at radius 1 is 1.32 bits per heavy atom. The van der Waals surface area contributed by atoms with Gasteiger partial charge in [0.05, 0.1) is 18.8 Å². The molecule has 3 heterocycles. The van der Waals surface area contributed by atoms with E-state index in [-0.39, 0.29) is 12.0 Å². The van der Waals surface area contributed by atoms with Gasteiger partial charge in [-0.05, 0) is 13.8 Å². The van der Waals surface area contributed by atoms with Crippen molar-refractivity contribution in [3.8, 4) is 0 Å². The summed E-state index contributed by atoms with van der Waals surface area (Å²) in [5, 5.41) is 3.20. The molecule has 0 aromatic carbocycles. The van der Waals surface area contributed by atoms with Gasteiger partial charge in [-0.15, -0.1) is 0 Å². The molecule has 2 fully saturated rings. The molecule has 22 heavy (non-hydrogen) atoms. The Labute approximate surface area is 130 Å². The summed E-state index contributed by atoms with van der Waals surface area (Å²) >= 11 is 0. The topological polar surface area (TPSA) is 70.8 Å². The van der Waals surface area contributed by atoms with Crippen LogP contribution in [0.25, 0.3) is 0 Å². The van der Waals surface area contributed by atoms with Crippen LogP contribution in [0.5, 0.6) is 0 Å². The molecule has 3 rings (SSSR count). The third-order valence-electron chi connectivity index (χ3n) is 4.32. The van der Waals surface area contributed by atoms with Gasteiger partial charge < -0.3 is 19.4 Å². The number of rotatable bonds is 3. The first-order valence-corrected chi connectivity index (χ1v) is 7.90. The van der Waals surface area contributed by atoms with Crippen LogP contribution in [-0.4, -0.2) is 72.7 Å². The van der Waals surface area contributed by atoms with Crippen molar-refractivity contribution in [1.29, 1.82) is 0 Å². The maximum Gasteiger partial charge on any atom is 0.253 e. The zero-order valence-corrected chi connectivity index (χ0v) is 13.3. The van der Waals surface area contributed by atoms with Crippen molar-refractivity contribution in [2.45, 2.75) is 26.5 Å². The van der Waals surface area contributed by atoms with Crippen LogP contribution in [0.15, 0.2) is 4.42 Å². The average molecular weight is 308 g/mol. The van der Waals surface area contributed by atoms with Crippen LogP contribution in [0.1, 0.15) is 17.3 Å². The molecule has 0 saturated carbocycles. The number of amides is 1. The Kier molecular flexibility index (Phi) is 4.75. The van der Waals surface area contributed by atoms with E-state index in [9.17, 15) is 4.79 Å². The number of oxazole rings is 1. The van der Waals surface area contributed by atoms with Crippen LogP contribution in [-0.2, 0) is 16.1 Å². The number of hydrogen-bond acceptors (Lipinski definition) is 6. The van der Waals surface area contributed by atoms with Gasteiger partial charge in [-0.1, -0.05) is 0 Å². The van der Waals surface area contributed by atoms with Crippen LogP contribution in [0.3, 0.4) is 0 Å². The molecule has 1 aromatic rings. The number of nitrogens with zero attached hydrogens (tertiary/aromatic N) is 3. The zero-order chi connectivity index (χ0) is 15.5. The number of nitrogens with one attached hydrogen (secondary N) is 1. The quantitative estimate of drug-likeness (QED) is 0.842. The number of hydrogen-bond donors (Lipinski definition) is 1. The van der Waals surface area contributed by atoms with Gasteiger partial charge in [0.2, 0.25) is 5.89 Å². The van der Waals surface area contributed by atoms with Gasteiger partial charge in [-0.2, -0.15) is 0 Å². The largest absolute Gasteiger partial charge is 0.444 e. The van der Waals surface area contributed by atoms with E-state index in [1.807, 2.05) is 18.7 Å². The molecule has 2 aliphatic rings. The minimum absolute atomic E-state index is 0.106. The van der Waals surface area contributed by atoms with E-state index in [4.69, 9.17) is 9.15 Å². The Hall–Kier alpha value is -1.44. The van der Waals surface area contributed by atoms with E-state index in [2.05, 4.69) is 15.2 Å². The highest BCUT2D eigenvalue weighted by molar-refractivity contribution is 5.81. The van der Waals surface area contributed by atoms with Crippen molar-refractivity contribution in [1.82, 2.24) is 20.1 Å². The molecule has 1 amide bonds. The smallest absolute Gasteiger partial charge is 0.253 e. The maximum atomic E-state index is 12.4. The molecule has 1 aromatic heterocycles. The summed E-state index contributed by atoms with van der Waals surface area (Å²) in [5.41, 5.74) is 0.950. The van der Waals surface area contributed by atoms with Gasteiger partial charge in [0.1, 0.15) is 11.9 Å². The monoisotopic (exact) mass is 308 g/mol. The standard InChI is InChI=1S/C15H24N4O3/c1-11-12(2)22-14(17-11)10-18-4-6-19(7-5-18)15(20)13-9-16-3-8-21-13/h13,16H,3-10H2,1-2H3. The van der Waals surface area contributed by atoms with Gasteiger partial charge in [0.15, 0.2) is 0 Å². The predicted octanol–water partition coefficient (Wildman–Crippen LogP) is -0.0760. The van der Waals surface area contributed by atoms with Crippen LogP contribution in [0.2, 0.25) is 0 Å². The van der Waals surface area contributed by atoms with Gasteiger partial charge in [0, 0.05) is 39.3 Å². The molecule has 0 radical (unpaired) electrons. The van der Waals surface area contributed by atoms with Crippen LogP contribution in [0, 0.1) is 13.8 Å². The average Bonchev–Trinajstić information content (AvgIpc) is 2.86. The molecule has 1 atom stereocenters. The third kappa shape index (κ3) is 3.48. The van der Waals surface area contributed by atoms with Crippen LogP contribution in [0.4, 0.5) is 0 Å². The number of morpholine rings is 1. The summed E-state index contributed by atoms with van der Waals surface area (Å²) in [6.45, 7) is 9.79. The second-order valence-corrected chi connectivity index (χ2v) is 5.91. The number of carbonyl (C=O) groups is 1. The molecule has 0 bridgehead atoms. The fourth-order valence-electron chi connectivity index (χ4n) is 2.85. The van der Waals surface area contributed by atoms with Crippen molar-refractivity contribution in [2.24, 2.45) is 0 Å². The number of ether oxygens (including phenoxy) is 1. The van der Waals surface area contributed by atoms with E-state index in [0.29, 0.717) is 19.7 Å². The Morgan fingerprint density at radius 2 is 2.09 bits per heavy atom. The summed E-state index contributed by atoms with van der Waals surface area (Å²) in [6.07, 6.45) is -0.322. The highest BCUT2D eigenvalue weighted by atomic mass is 16.5. The lowest BCUT2D eigenvalue weighted by molar-refractivity contribution is -0.147. The molecule has 122 valence electrons. The predicted molar refractivity (Wildman–Crippen MR) is 80.4 cm³/mol. The molecule has 1 unspecified atom stereocenters. The number of carbonyl (C=O) groups excluding carboxylic acids is 1. The summed E-state index contributed by atoms with van der Waals surface area (Å²) in [4.78, 5) is 21.0. The lowest BCUT2D eigenvalue weighted by atomic mass is 10.2. The van der Waals surface area contributed by atoms with Crippen molar-refractivity contribution in [2.75, 3.05) is 45.9 Å². The highest BCUT2D eigenvalue weighted by Gasteiger charge is 2.29. The van der Waals surface area contributed by atoms with E-state index < -0.39 is 0 Å². The highest BCUT2D eigenvalue weighted by Crippen LogP contribution is 2.13. The molecule has 0 aliphatic carbocycles. The number of aromatic nitrogens is 1. The first-order valence-electron chi connectivity index (χ1n) is 7.90. The van der Waals surface area contributed by atoms with Gasteiger partial charge >= 0.3 is 0 Å². The van der Waals surface area contributed by atoms with Crippen molar-refractivity contribution in [3.63, 3.8) is 0 Å². The summed E-state index contributed by atoms with van der Waals surface area (Å²) in [7, 11) is 0. The van der Waals surface area contributed by atoms with Crippen molar-refractivity contribution < 1.29 is 13.9 Å². The second-order valence-electron chi connectivity index (χ2n) is 5.91. The SMILES string of the molecule is Cc1nc(CN2CCN(C(=O)C3CNCCO3)CC2)oc1C. The fraction of sp³-hybridized carbons (Fsp3) is 0.733. The van der Waals surface area contributed by atoms with Crippen LogP contribution < -0.4 is 5.32 Å². The molecule has 0 spiro atoms. The fourth-order valence-corrected chi connectivity index (χ4v) is 2.85. The molecule has 1 N–H and O–H groups in total. The van der Waals surface area contributed by atoms with Crippen molar-refractivity contribution >= 4 is 5.91 Å². The Balaban J connectivity index is 1.48. The Morgan fingerprint density at radius 3 is 2.68 bits per heavy atom. The molecule has 2 aliphatic heterocycles. The second kappa shape index (κ2) is 6.76. The minimum Gasteiger partial charge on any atom is -0.444 e. The van der Waals surface area contributed by atoms with Gasteiger partial charge in [-0.3, -0.25) is 9.69 Å². The first kappa shape index (κ1) is 15.5. The maximum absolute atomic E-state index is 12.4. The lowest BCUT2D eigenvalue weighted by Crippen LogP contribution is -2.54. The molecule has 2 saturated heterocycles. The molecule has 7 heteroatoms. The molecule has 7 nitrogen and oxygen atoms in total. The zero-order valence-electron chi connectivity index (χ0n) is 13.3. The van der Waals surface area contributed by atoms with E-state index in [1.54, 1.807) is 0 Å². The minimum atomic E-state index is -0.322.